The fourth-order valence-corrected chi connectivity index (χ4v) is 1.15. The van der Waals surface area contributed by atoms with E-state index in [0.717, 1.165) is 25.8 Å². The van der Waals surface area contributed by atoms with E-state index in [9.17, 15) is 0 Å². The summed E-state index contributed by atoms with van der Waals surface area (Å²) in [4.78, 5) is 0. The molecular formula is C9H16N2O. The number of nitrogens with zero attached hydrogens (tertiary/aromatic N) is 2. The lowest BCUT2D eigenvalue weighted by Gasteiger charge is -1.99. The third-order valence-corrected chi connectivity index (χ3v) is 1.81. The Labute approximate surface area is 73.0 Å². The summed E-state index contributed by atoms with van der Waals surface area (Å²) in [5.41, 5.74) is 1.21. The highest BCUT2D eigenvalue weighted by atomic mass is 16.2. The largest absolute Gasteiger partial charge is 0.396 e. The summed E-state index contributed by atoms with van der Waals surface area (Å²) in [6.45, 7) is 3.31. The van der Waals surface area contributed by atoms with Gasteiger partial charge in [0.15, 0.2) is 0 Å². The lowest BCUT2D eigenvalue weighted by molar-refractivity contribution is 0.281. The molecule has 0 aromatic carbocycles. The highest BCUT2D eigenvalue weighted by molar-refractivity contribution is 4.99. The smallest absolute Gasteiger partial charge is 0.0518 e. The Morgan fingerprint density at radius 2 is 2.25 bits per heavy atom. The summed E-state index contributed by atoms with van der Waals surface area (Å²) in [5, 5.41) is 12.7. The first-order chi connectivity index (χ1) is 5.83. The van der Waals surface area contributed by atoms with E-state index in [-0.39, 0.29) is 0 Å². The van der Waals surface area contributed by atoms with E-state index in [4.69, 9.17) is 5.11 Å². The van der Waals surface area contributed by atoms with E-state index in [0.29, 0.717) is 6.61 Å². The van der Waals surface area contributed by atoms with Crippen LogP contribution in [-0.2, 0) is 6.54 Å². The average molecular weight is 168 g/mol. The lowest BCUT2D eigenvalue weighted by atomic mass is 10.2. The normalized spacial score (nSPS) is 10.5. The summed E-state index contributed by atoms with van der Waals surface area (Å²) in [6.07, 6.45) is 6.99. The summed E-state index contributed by atoms with van der Waals surface area (Å²) in [7, 11) is 0. The molecule has 0 aliphatic carbocycles. The van der Waals surface area contributed by atoms with E-state index in [1.54, 1.807) is 0 Å². The van der Waals surface area contributed by atoms with Gasteiger partial charge in [0.25, 0.3) is 0 Å². The van der Waals surface area contributed by atoms with E-state index < -0.39 is 0 Å². The van der Waals surface area contributed by atoms with E-state index in [2.05, 4.69) is 5.10 Å². The second kappa shape index (κ2) is 4.93. The van der Waals surface area contributed by atoms with Crippen LogP contribution >= 0.6 is 0 Å². The lowest BCUT2D eigenvalue weighted by Crippen LogP contribution is -1.98. The molecule has 0 aliphatic heterocycles. The van der Waals surface area contributed by atoms with Crippen LogP contribution in [0.2, 0.25) is 0 Å². The van der Waals surface area contributed by atoms with Crippen molar-refractivity contribution in [3.05, 3.63) is 18.0 Å². The Hall–Kier alpha value is -0.830. The van der Waals surface area contributed by atoms with Gasteiger partial charge in [0, 0.05) is 19.3 Å². The number of unbranched alkanes of at least 4 members (excludes halogenated alkanes) is 2. The molecule has 0 amide bonds. The van der Waals surface area contributed by atoms with Crippen LogP contribution < -0.4 is 0 Å². The van der Waals surface area contributed by atoms with Crippen molar-refractivity contribution in [1.82, 2.24) is 9.78 Å². The van der Waals surface area contributed by atoms with E-state index in [1.165, 1.54) is 5.56 Å². The maximum atomic E-state index is 8.55. The van der Waals surface area contributed by atoms with Crippen molar-refractivity contribution in [3.63, 3.8) is 0 Å². The minimum atomic E-state index is 0.304. The maximum absolute atomic E-state index is 8.55. The Kier molecular flexibility index (Phi) is 3.80. The van der Waals surface area contributed by atoms with E-state index >= 15 is 0 Å². The molecule has 0 saturated heterocycles. The predicted molar refractivity (Wildman–Crippen MR) is 47.9 cm³/mol. The number of aryl methyl sites for hydroxylation is 2. The van der Waals surface area contributed by atoms with Crippen LogP contribution in [0.15, 0.2) is 12.4 Å². The summed E-state index contributed by atoms with van der Waals surface area (Å²) < 4.78 is 1.95. The second-order valence-electron chi connectivity index (χ2n) is 3.07. The molecule has 1 aromatic heterocycles. The molecule has 0 aliphatic rings. The molecule has 3 nitrogen and oxygen atoms in total. The molecule has 0 saturated carbocycles. The van der Waals surface area contributed by atoms with Crippen molar-refractivity contribution < 1.29 is 5.11 Å². The summed E-state index contributed by atoms with van der Waals surface area (Å²) in [6, 6.07) is 0. The molecule has 1 rings (SSSR count). The van der Waals surface area contributed by atoms with Gasteiger partial charge in [-0.1, -0.05) is 0 Å². The molecule has 12 heavy (non-hydrogen) atoms. The topological polar surface area (TPSA) is 38.0 Å². The molecule has 0 atom stereocenters. The second-order valence-corrected chi connectivity index (χ2v) is 3.07. The quantitative estimate of drug-likeness (QED) is 0.674. The van der Waals surface area contributed by atoms with Crippen molar-refractivity contribution in [2.75, 3.05) is 6.61 Å². The van der Waals surface area contributed by atoms with Crippen LogP contribution in [0.3, 0.4) is 0 Å². The van der Waals surface area contributed by atoms with Crippen molar-refractivity contribution >= 4 is 0 Å². The first kappa shape index (κ1) is 9.26. The Bertz CT molecular complexity index is 220. The summed E-state index contributed by atoms with van der Waals surface area (Å²) >= 11 is 0. The van der Waals surface area contributed by atoms with E-state index in [1.807, 2.05) is 24.0 Å². The molecule has 1 heterocycles. The Morgan fingerprint density at radius 3 is 2.83 bits per heavy atom. The van der Waals surface area contributed by atoms with Crippen molar-refractivity contribution in [2.45, 2.75) is 32.7 Å². The van der Waals surface area contributed by atoms with Gasteiger partial charge in [-0.3, -0.25) is 4.68 Å². The van der Waals surface area contributed by atoms with Gasteiger partial charge in [0.05, 0.1) is 6.20 Å². The van der Waals surface area contributed by atoms with Crippen LogP contribution in [-0.4, -0.2) is 21.5 Å². The van der Waals surface area contributed by atoms with Gasteiger partial charge >= 0.3 is 0 Å². The first-order valence-electron chi connectivity index (χ1n) is 4.43. The number of hydrogen-bond donors (Lipinski definition) is 1. The maximum Gasteiger partial charge on any atom is 0.0518 e. The monoisotopic (exact) mass is 168 g/mol. The zero-order valence-electron chi connectivity index (χ0n) is 7.53. The zero-order valence-corrected chi connectivity index (χ0v) is 7.53. The van der Waals surface area contributed by atoms with Gasteiger partial charge in [-0.25, -0.2) is 0 Å². The third-order valence-electron chi connectivity index (χ3n) is 1.81. The molecular weight excluding hydrogens is 152 g/mol. The molecule has 0 fully saturated rings. The summed E-state index contributed by atoms with van der Waals surface area (Å²) in [5.74, 6) is 0. The molecule has 3 heteroatoms. The standard InChI is InChI=1S/C9H16N2O/c1-9-7-10-11(8-9)5-3-2-4-6-12/h7-8,12H,2-6H2,1H3. The minimum absolute atomic E-state index is 0.304. The molecule has 0 radical (unpaired) electrons. The van der Waals surface area contributed by atoms with Crippen LogP contribution in [0.5, 0.6) is 0 Å². The van der Waals surface area contributed by atoms with Crippen molar-refractivity contribution in [1.29, 1.82) is 0 Å². The first-order valence-corrected chi connectivity index (χ1v) is 4.43. The van der Waals surface area contributed by atoms with Crippen LogP contribution in [0.4, 0.5) is 0 Å². The fraction of sp³-hybridized carbons (Fsp3) is 0.667. The van der Waals surface area contributed by atoms with Gasteiger partial charge in [0.1, 0.15) is 0 Å². The third kappa shape index (κ3) is 3.05. The highest BCUT2D eigenvalue weighted by Gasteiger charge is 1.93. The van der Waals surface area contributed by atoms with Crippen molar-refractivity contribution in [3.8, 4) is 0 Å². The number of aliphatic hydroxyl groups is 1. The minimum Gasteiger partial charge on any atom is -0.396 e. The molecule has 1 N–H and O–H groups in total. The van der Waals surface area contributed by atoms with Gasteiger partial charge in [-0.05, 0) is 31.7 Å². The number of aliphatic hydroxyl groups excluding tert-OH is 1. The highest BCUT2D eigenvalue weighted by Crippen LogP contribution is 1.99. The predicted octanol–water partition coefficient (Wildman–Crippen LogP) is 1.35. The molecule has 1 aromatic rings. The number of rotatable bonds is 5. The zero-order chi connectivity index (χ0) is 8.81. The van der Waals surface area contributed by atoms with Gasteiger partial charge in [-0.2, -0.15) is 5.10 Å². The number of aromatic nitrogens is 2. The molecule has 0 spiro atoms. The van der Waals surface area contributed by atoms with Crippen LogP contribution in [0.25, 0.3) is 0 Å². The van der Waals surface area contributed by atoms with Gasteiger partial charge in [-0.15, -0.1) is 0 Å². The van der Waals surface area contributed by atoms with Crippen LogP contribution in [0.1, 0.15) is 24.8 Å². The SMILES string of the molecule is Cc1cnn(CCCCCO)c1. The fourth-order valence-electron chi connectivity index (χ4n) is 1.15. The Morgan fingerprint density at radius 1 is 1.42 bits per heavy atom. The average Bonchev–Trinajstić information content (AvgIpc) is 2.45. The number of hydrogen-bond acceptors (Lipinski definition) is 2. The molecule has 0 unspecified atom stereocenters. The molecule has 68 valence electrons. The van der Waals surface area contributed by atoms with Crippen molar-refractivity contribution in [2.24, 2.45) is 0 Å². The van der Waals surface area contributed by atoms with Gasteiger partial charge < -0.3 is 5.11 Å². The Balaban J connectivity index is 2.15. The van der Waals surface area contributed by atoms with Crippen LogP contribution in [0, 0.1) is 6.92 Å². The van der Waals surface area contributed by atoms with Gasteiger partial charge in [0.2, 0.25) is 0 Å². The molecule has 0 bridgehead atoms.